The summed E-state index contributed by atoms with van der Waals surface area (Å²) in [7, 11) is 0. The Labute approximate surface area is 166 Å². The lowest BCUT2D eigenvalue weighted by Crippen LogP contribution is -2.43. The summed E-state index contributed by atoms with van der Waals surface area (Å²) in [6.07, 6.45) is 1.71. The summed E-state index contributed by atoms with van der Waals surface area (Å²) in [6, 6.07) is 12.1. The second kappa shape index (κ2) is 8.57. The van der Waals surface area contributed by atoms with E-state index in [1.807, 2.05) is 56.3 Å². The van der Waals surface area contributed by atoms with Gasteiger partial charge in [-0.25, -0.2) is 0 Å². The Bertz CT molecular complexity index is 856. The topological polar surface area (TPSA) is 78.4 Å². The van der Waals surface area contributed by atoms with E-state index in [0.717, 1.165) is 30.5 Å². The average Bonchev–Trinajstić information content (AvgIpc) is 3.20. The standard InChI is InChI=1S/C23H28N2O3/c1-14(2)17-11-12-18(20(22(17)27)16-8-5-4-6-9-16)21(15(3)26)25-23(28)19-10-7-13-24-19/h4-6,8-9,11-12,14,19,21,24,27H,7,10,13H2,1-3H3,(H,25,28). The van der Waals surface area contributed by atoms with Gasteiger partial charge in [-0.05, 0) is 48.9 Å². The number of nitrogens with one attached hydrogen (secondary N) is 2. The largest absolute Gasteiger partial charge is 0.507 e. The fourth-order valence-electron chi connectivity index (χ4n) is 3.79. The highest BCUT2D eigenvalue weighted by molar-refractivity contribution is 5.93. The van der Waals surface area contributed by atoms with Crippen LogP contribution in [0, 0.1) is 0 Å². The first-order valence-corrected chi connectivity index (χ1v) is 9.85. The molecule has 0 spiro atoms. The smallest absolute Gasteiger partial charge is 0.237 e. The van der Waals surface area contributed by atoms with Gasteiger partial charge >= 0.3 is 0 Å². The van der Waals surface area contributed by atoms with E-state index < -0.39 is 6.04 Å². The van der Waals surface area contributed by atoms with Gasteiger partial charge in [0.15, 0.2) is 5.78 Å². The van der Waals surface area contributed by atoms with Gasteiger partial charge in [-0.1, -0.05) is 56.3 Å². The molecule has 2 aromatic rings. The molecule has 2 unspecified atom stereocenters. The van der Waals surface area contributed by atoms with Crippen molar-refractivity contribution < 1.29 is 14.7 Å². The number of Topliss-reactive ketones (excluding diaryl/α,β-unsaturated/α-hetero) is 1. The van der Waals surface area contributed by atoms with E-state index in [4.69, 9.17) is 0 Å². The van der Waals surface area contributed by atoms with Gasteiger partial charge in [0.25, 0.3) is 0 Å². The molecular formula is C23H28N2O3. The fourth-order valence-corrected chi connectivity index (χ4v) is 3.79. The predicted molar refractivity (Wildman–Crippen MR) is 110 cm³/mol. The maximum absolute atomic E-state index is 12.7. The first-order chi connectivity index (χ1) is 13.4. The molecular weight excluding hydrogens is 352 g/mol. The zero-order valence-corrected chi connectivity index (χ0v) is 16.7. The third kappa shape index (κ3) is 4.09. The van der Waals surface area contributed by atoms with Gasteiger partial charge in [-0.2, -0.15) is 0 Å². The monoisotopic (exact) mass is 380 g/mol. The molecule has 1 heterocycles. The summed E-state index contributed by atoms with van der Waals surface area (Å²) in [5.74, 6) is -0.0490. The lowest BCUT2D eigenvalue weighted by molar-refractivity contribution is -0.128. The first kappa shape index (κ1) is 20.1. The maximum Gasteiger partial charge on any atom is 0.237 e. The number of amides is 1. The van der Waals surface area contributed by atoms with Crippen LogP contribution < -0.4 is 10.6 Å². The van der Waals surface area contributed by atoms with Gasteiger partial charge in [0.2, 0.25) is 5.91 Å². The number of phenolic OH excluding ortho intramolecular Hbond substituents is 1. The van der Waals surface area contributed by atoms with Crippen molar-refractivity contribution >= 4 is 11.7 Å². The Kier molecular flexibility index (Phi) is 6.15. The Morgan fingerprint density at radius 3 is 2.36 bits per heavy atom. The minimum atomic E-state index is -0.808. The second-order valence-electron chi connectivity index (χ2n) is 7.69. The van der Waals surface area contributed by atoms with Crippen LogP contribution in [0.25, 0.3) is 11.1 Å². The zero-order chi connectivity index (χ0) is 20.3. The van der Waals surface area contributed by atoms with Crippen molar-refractivity contribution in [3.05, 3.63) is 53.6 Å². The summed E-state index contributed by atoms with van der Waals surface area (Å²) >= 11 is 0. The maximum atomic E-state index is 12.7. The van der Waals surface area contributed by atoms with Crippen LogP contribution in [0.3, 0.4) is 0 Å². The van der Waals surface area contributed by atoms with Crippen molar-refractivity contribution in [2.75, 3.05) is 6.54 Å². The molecule has 0 aliphatic carbocycles. The van der Waals surface area contributed by atoms with Crippen molar-refractivity contribution in [3.63, 3.8) is 0 Å². The molecule has 3 N–H and O–H groups in total. The average molecular weight is 380 g/mol. The SMILES string of the molecule is CC(=O)C(NC(=O)C1CCCN1)c1ccc(C(C)C)c(O)c1-c1ccccc1. The molecule has 0 saturated carbocycles. The quantitative estimate of drug-likeness (QED) is 0.714. The third-order valence-corrected chi connectivity index (χ3v) is 5.31. The molecule has 2 aromatic carbocycles. The summed E-state index contributed by atoms with van der Waals surface area (Å²) in [6.45, 7) is 6.30. The van der Waals surface area contributed by atoms with E-state index in [1.165, 1.54) is 6.92 Å². The molecule has 1 aliphatic rings. The number of hydrogen-bond acceptors (Lipinski definition) is 4. The molecule has 1 fully saturated rings. The molecule has 2 atom stereocenters. The van der Waals surface area contributed by atoms with E-state index in [2.05, 4.69) is 10.6 Å². The molecule has 3 rings (SSSR count). The van der Waals surface area contributed by atoms with Crippen molar-refractivity contribution in [3.8, 4) is 16.9 Å². The van der Waals surface area contributed by atoms with E-state index in [0.29, 0.717) is 11.1 Å². The molecule has 5 nitrogen and oxygen atoms in total. The fraction of sp³-hybridized carbons (Fsp3) is 0.391. The molecule has 0 radical (unpaired) electrons. The predicted octanol–water partition coefficient (Wildman–Crippen LogP) is 3.68. The Balaban J connectivity index is 2.08. The number of ketones is 1. The minimum Gasteiger partial charge on any atom is -0.507 e. The molecule has 1 amide bonds. The zero-order valence-electron chi connectivity index (χ0n) is 16.7. The molecule has 1 saturated heterocycles. The highest BCUT2D eigenvalue weighted by Gasteiger charge is 2.29. The summed E-state index contributed by atoms with van der Waals surface area (Å²) in [5, 5.41) is 17.1. The van der Waals surface area contributed by atoms with E-state index >= 15 is 0 Å². The first-order valence-electron chi connectivity index (χ1n) is 9.85. The van der Waals surface area contributed by atoms with Gasteiger partial charge in [0.05, 0.1) is 6.04 Å². The van der Waals surface area contributed by atoms with Crippen molar-refractivity contribution in [1.82, 2.24) is 10.6 Å². The Hall–Kier alpha value is -2.66. The summed E-state index contributed by atoms with van der Waals surface area (Å²) in [4.78, 5) is 25.1. The van der Waals surface area contributed by atoms with Gasteiger partial charge in [0, 0.05) is 5.56 Å². The second-order valence-corrected chi connectivity index (χ2v) is 7.69. The van der Waals surface area contributed by atoms with Gasteiger partial charge < -0.3 is 15.7 Å². The number of aromatic hydroxyl groups is 1. The Morgan fingerprint density at radius 2 is 1.79 bits per heavy atom. The van der Waals surface area contributed by atoms with Gasteiger partial charge in [-0.15, -0.1) is 0 Å². The van der Waals surface area contributed by atoms with E-state index in [-0.39, 0.29) is 29.4 Å². The number of rotatable bonds is 6. The van der Waals surface area contributed by atoms with Crippen LogP contribution in [-0.4, -0.2) is 29.4 Å². The van der Waals surface area contributed by atoms with Crippen LogP contribution in [-0.2, 0) is 9.59 Å². The van der Waals surface area contributed by atoms with Crippen molar-refractivity contribution in [2.24, 2.45) is 0 Å². The number of hydrogen-bond donors (Lipinski definition) is 3. The van der Waals surface area contributed by atoms with E-state index in [9.17, 15) is 14.7 Å². The molecule has 1 aliphatic heterocycles. The Morgan fingerprint density at radius 1 is 1.11 bits per heavy atom. The van der Waals surface area contributed by atoms with E-state index in [1.54, 1.807) is 0 Å². The van der Waals surface area contributed by atoms with Gasteiger partial charge in [-0.3, -0.25) is 9.59 Å². The highest BCUT2D eigenvalue weighted by Crippen LogP contribution is 2.41. The third-order valence-electron chi connectivity index (χ3n) is 5.31. The molecule has 5 heteroatoms. The number of phenols is 1. The van der Waals surface area contributed by atoms with Crippen molar-refractivity contribution in [2.45, 2.75) is 51.6 Å². The van der Waals surface area contributed by atoms with Crippen LogP contribution in [0.15, 0.2) is 42.5 Å². The van der Waals surface area contributed by atoms with Crippen LogP contribution in [0.1, 0.15) is 56.7 Å². The van der Waals surface area contributed by atoms with Crippen LogP contribution >= 0.6 is 0 Å². The van der Waals surface area contributed by atoms with Crippen LogP contribution in [0.5, 0.6) is 5.75 Å². The number of benzene rings is 2. The number of carbonyl (C=O) groups is 2. The molecule has 0 aromatic heterocycles. The van der Waals surface area contributed by atoms with Crippen LogP contribution in [0.2, 0.25) is 0 Å². The van der Waals surface area contributed by atoms with Crippen molar-refractivity contribution in [1.29, 1.82) is 0 Å². The lowest BCUT2D eigenvalue weighted by Gasteiger charge is -2.24. The number of carbonyl (C=O) groups excluding carboxylic acids is 2. The normalized spacial score (nSPS) is 17.5. The molecule has 28 heavy (non-hydrogen) atoms. The summed E-state index contributed by atoms with van der Waals surface area (Å²) in [5.41, 5.74) is 2.85. The van der Waals surface area contributed by atoms with Crippen LogP contribution in [0.4, 0.5) is 0 Å². The lowest BCUT2D eigenvalue weighted by atomic mass is 9.87. The summed E-state index contributed by atoms with van der Waals surface area (Å²) < 4.78 is 0. The minimum absolute atomic E-state index is 0.129. The highest BCUT2D eigenvalue weighted by atomic mass is 16.3. The molecule has 148 valence electrons. The van der Waals surface area contributed by atoms with Gasteiger partial charge in [0.1, 0.15) is 11.8 Å². The molecule has 0 bridgehead atoms.